The maximum absolute atomic E-state index is 5.52. The Labute approximate surface area is 91.7 Å². The van der Waals surface area contributed by atoms with Crippen LogP contribution in [-0.2, 0) is 5.88 Å². The molecular weight excluding hydrogens is 225 g/mol. The Morgan fingerprint density at radius 2 is 1.93 bits per heavy atom. The van der Waals surface area contributed by atoms with E-state index in [1.807, 2.05) is 0 Å². The standard InChI is InChI=1S/C8H6ClN3O.ClH/c9-5-7-11-12-8(13-7)6-1-3-10-4-2-6;/h1-4H,5H2;1H. The van der Waals surface area contributed by atoms with E-state index in [4.69, 9.17) is 16.0 Å². The zero-order chi connectivity index (χ0) is 9.10. The molecule has 0 aliphatic carbocycles. The molecule has 0 atom stereocenters. The molecule has 0 saturated carbocycles. The first-order chi connectivity index (χ1) is 6.40. The monoisotopic (exact) mass is 231 g/mol. The van der Waals surface area contributed by atoms with E-state index < -0.39 is 0 Å². The third kappa shape index (κ3) is 2.21. The molecule has 0 spiro atoms. The summed E-state index contributed by atoms with van der Waals surface area (Å²) in [5.74, 6) is 1.13. The van der Waals surface area contributed by atoms with Gasteiger partial charge in [0.2, 0.25) is 11.8 Å². The van der Waals surface area contributed by atoms with Crippen molar-refractivity contribution in [3.8, 4) is 11.5 Å². The summed E-state index contributed by atoms with van der Waals surface area (Å²) in [7, 11) is 0. The molecule has 2 aromatic heterocycles. The molecule has 0 bridgehead atoms. The second-order valence-corrected chi connectivity index (χ2v) is 2.64. The molecule has 0 amide bonds. The van der Waals surface area contributed by atoms with E-state index in [9.17, 15) is 0 Å². The molecule has 0 aromatic carbocycles. The molecule has 2 rings (SSSR count). The summed E-state index contributed by atoms with van der Waals surface area (Å²) in [6.45, 7) is 0. The number of rotatable bonds is 2. The van der Waals surface area contributed by atoms with Crippen molar-refractivity contribution in [2.45, 2.75) is 5.88 Å². The smallest absolute Gasteiger partial charge is 0.247 e. The number of pyridine rings is 1. The van der Waals surface area contributed by atoms with Crippen LogP contribution in [0.2, 0.25) is 0 Å². The van der Waals surface area contributed by atoms with Crippen molar-refractivity contribution in [3.63, 3.8) is 0 Å². The average Bonchev–Trinajstić information content (AvgIpc) is 2.67. The molecule has 0 N–H and O–H groups in total. The quantitative estimate of drug-likeness (QED) is 0.745. The molecule has 0 saturated heterocycles. The highest BCUT2D eigenvalue weighted by molar-refractivity contribution is 6.16. The fourth-order valence-electron chi connectivity index (χ4n) is 0.919. The maximum Gasteiger partial charge on any atom is 0.247 e. The first kappa shape index (κ1) is 10.9. The fraction of sp³-hybridized carbons (Fsp3) is 0.125. The maximum atomic E-state index is 5.52. The van der Waals surface area contributed by atoms with Gasteiger partial charge in [0.25, 0.3) is 0 Å². The van der Waals surface area contributed by atoms with Gasteiger partial charge in [0.05, 0.1) is 0 Å². The third-order valence-electron chi connectivity index (χ3n) is 1.51. The summed E-state index contributed by atoms with van der Waals surface area (Å²) < 4.78 is 5.24. The molecule has 2 heterocycles. The minimum absolute atomic E-state index is 0. The molecule has 0 fully saturated rings. The van der Waals surface area contributed by atoms with Crippen molar-refractivity contribution in [3.05, 3.63) is 30.4 Å². The van der Waals surface area contributed by atoms with Gasteiger partial charge in [0.1, 0.15) is 5.88 Å². The van der Waals surface area contributed by atoms with Gasteiger partial charge in [-0.25, -0.2) is 0 Å². The Morgan fingerprint density at radius 1 is 1.21 bits per heavy atom. The van der Waals surface area contributed by atoms with Gasteiger partial charge >= 0.3 is 0 Å². The van der Waals surface area contributed by atoms with Crippen LogP contribution in [0.5, 0.6) is 0 Å². The molecule has 2 aromatic rings. The lowest BCUT2D eigenvalue weighted by Gasteiger charge is -1.90. The Kier molecular flexibility index (Phi) is 3.85. The lowest BCUT2D eigenvalue weighted by Crippen LogP contribution is -1.77. The summed E-state index contributed by atoms with van der Waals surface area (Å²) in [5, 5.41) is 7.57. The highest BCUT2D eigenvalue weighted by atomic mass is 35.5. The summed E-state index contributed by atoms with van der Waals surface area (Å²) in [5.41, 5.74) is 0.846. The summed E-state index contributed by atoms with van der Waals surface area (Å²) in [6, 6.07) is 3.59. The van der Waals surface area contributed by atoms with Gasteiger partial charge in [-0.15, -0.1) is 34.2 Å². The Hall–Kier alpha value is -1.13. The molecule has 4 nitrogen and oxygen atoms in total. The van der Waals surface area contributed by atoms with E-state index in [2.05, 4.69) is 15.2 Å². The number of halogens is 2. The molecule has 0 unspecified atom stereocenters. The van der Waals surface area contributed by atoms with Gasteiger partial charge in [0.15, 0.2) is 0 Å². The number of hydrogen-bond donors (Lipinski definition) is 0. The average molecular weight is 232 g/mol. The van der Waals surface area contributed by atoms with Crippen LogP contribution in [0.15, 0.2) is 28.9 Å². The summed E-state index contributed by atoms with van der Waals surface area (Å²) in [4.78, 5) is 3.88. The second kappa shape index (κ2) is 4.93. The Bertz CT molecular complexity index is 390. The molecule has 74 valence electrons. The van der Waals surface area contributed by atoms with Crippen LogP contribution in [0, 0.1) is 0 Å². The van der Waals surface area contributed by atoms with Crippen molar-refractivity contribution in [1.82, 2.24) is 15.2 Å². The summed E-state index contributed by atoms with van der Waals surface area (Å²) in [6.07, 6.45) is 3.33. The van der Waals surface area contributed by atoms with E-state index >= 15 is 0 Å². The van der Waals surface area contributed by atoms with Crippen LogP contribution >= 0.6 is 24.0 Å². The van der Waals surface area contributed by atoms with Crippen molar-refractivity contribution in [1.29, 1.82) is 0 Å². The number of alkyl halides is 1. The third-order valence-corrected chi connectivity index (χ3v) is 1.74. The predicted molar refractivity (Wildman–Crippen MR) is 54.3 cm³/mol. The van der Waals surface area contributed by atoms with Gasteiger partial charge in [-0.1, -0.05) is 0 Å². The van der Waals surface area contributed by atoms with Crippen LogP contribution in [-0.4, -0.2) is 15.2 Å². The zero-order valence-electron chi connectivity index (χ0n) is 7.05. The van der Waals surface area contributed by atoms with Gasteiger partial charge in [-0.05, 0) is 12.1 Å². The Morgan fingerprint density at radius 3 is 2.50 bits per heavy atom. The van der Waals surface area contributed by atoms with Gasteiger partial charge < -0.3 is 4.42 Å². The second-order valence-electron chi connectivity index (χ2n) is 2.37. The first-order valence-electron chi connectivity index (χ1n) is 3.69. The Balaban J connectivity index is 0.000000980. The number of nitrogens with zero attached hydrogens (tertiary/aromatic N) is 3. The van der Waals surface area contributed by atoms with Gasteiger partial charge in [-0.2, -0.15) is 0 Å². The van der Waals surface area contributed by atoms with Crippen LogP contribution < -0.4 is 0 Å². The zero-order valence-corrected chi connectivity index (χ0v) is 8.63. The molecular formula is C8H7Cl2N3O. The minimum Gasteiger partial charge on any atom is -0.419 e. The highest BCUT2D eigenvalue weighted by Gasteiger charge is 2.06. The molecule has 14 heavy (non-hydrogen) atoms. The van der Waals surface area contributed by atoms with Crippen molar-refractivity contribution >= 4 is 24.0 Å². The minimum atomic E-state index is 0. The van der Waals surface area contributed by atoms with Crippen LogP contribution in [0.3, 0.4) is 0 Å². The van der Waals surface area contributed by atoms with Crippen LogP contribution in [0.1, 0.15) is 5.89 Å². The van der Waals surface area contributed by atoms with E-state index in [0.29, 0.717) is 11.8 Å². The van der Waals surface area contributed by atoms with Crippen LogP contribution in [0.25, 0.3) is 11.5 Å². The first-order valence-corrected chi connectivity index (χ1v) is 4.22. The van der Waals surface area contributed by atoms with Crippen molar-refractivity contribution < 1.29 is 4.42 Å². The topological polar surface area (TPSA) is 51.8 Å². The van der Waals surface area contributed by atoms with Crippen molar-refractivity contribution in [2.75, 3.05) is 0 Å². The molecule has 0 aliphatic rings. The fourth-order valence-corrected chi connectivity index (χ4v) is 1.03. The summed E-state index contributed by atoms with van der Waals surface area (Å²) >= 11 is 5.52. The predicted octanol–water partition coefficient (Wildman–Crippen LogP) is 2.29. The normalized spacial score (nSPS) is 9.50. The van der Waals surface area contributed by atoms with Gasteiger partial charge in [-0.3, -0.25) is 4.98 Å². The number of hydrogen-bond acceptors (Lipinski definition) is 4. The lowest BCUT2D eigenvalue weighted by molar-refractivity contribution is 0.527. The van der Waals surface area contributed by atoms with Gasteiger partial charge in [0, 0.05) is 18.0 Å². The lowest BCUT2D eigenvalue weighted by atomic mass is 10.3. The molecule has 6 heteroatoms. The van der Waals surface area contributed by atoms with Crippen molar-refractivity contribution in [2.24, 2.45) is 0 Å². The van der Waals surface area contributed by atoms with E-state index in [1.54, 1.807) is 24.5 Å². The largest absolute Gasteiger partial charge is 0.419 e. The highest BCUT2D eigenvalue weighted by Crippen LogP contribution is 2.16. The molecule has 0 aliphatic heterocycles. The SMILES string of the molecule is Cl.ClCc1nnc(-c2ccncc2)o1. The van der Waals surface area contributed by atoms with E-state index in [-0.39, 0.29) is 18.3 Å². The van der Waals surface area contributed by atoms with E-state index in [1.165, 1.54) is 0 Å². The van der Waals surface area contributed by atoms with E-state index in [0.717, 1.165) is 5.56 Å². The number of aromatic nitrogens is 3. The molecule has 0 radical (unpaired) electrons. The van der Waals surface area contributed by atoms with Crippen LogP contribution in [0.4, 0.5) is 0 Å².